The fourth-order valence-corrected chi connectivity index (χ4v) is 2.84. The van der Waals surface area contributed by atoms with E-state index in [0.717, 1.165) is 31.3 Å². The maximum atomic E-state index is 5.67. The molecule has 0 saturated heterocycles. The first-order valence-electron chi connectivity index (χ1n) is 8.01. The van der Waals surface area contributed by atoms with Gasteiger partial charge in [-0.25, -0.2) is 0 Å². The zero-order valence-electron chi connectivity index (χ0n) is 13.0. The summed E-state index contributed by atoms with van der Waals surface area (Å²) in [4.78, 5) is 0. The summed E-state index contributed by atoms with van der Waals surface area (Å²) in [5.41, 5.74) is 0. The third kappa shape index (κ3) is 4.20. The maximum absolute atomic E-state index is 5.67. The molecule has 0 aliphatic heterocycles. The van der Waals surface area contributed by atoms with Crippen LogP contribution in [0.5, 0.6) is 0 Å². The van der Waals surface area contributed by atoms with Crippen LogP contribution in [0.3, 0.4) is 0 Å². The largest absolute Gasteiger partial charge is 0.406 e. The lowest BCUT2D eigenvalue weighted by molar-refractivity contribution is 0.267. The number of anilines is 1. The molecule has 1 aliphatic rings. The van der Waals surface area contributed by atoms with Gasteiger partial charge in [0.1, 0.15) is 0 Å². The third-order valence-corrected chi connectivity index (χ3v) is 4.32. The monoisotopic (exact) mass is 280 g/mol. The molecule has 0 spiro atoms. The van der Waals surface area contributed by atoms with Crippen LogP contribution in [-0.4, -0.2) is 23.3 Å². The second-order valence-corrected chi connectivity index (χ2v) is 6.02. The van der Waals surface area contributed by atoms with Gasteiger partial charge in [-0.05, 0) is 38.1 Å². The molecule has 2 rings (SSSR count). The molecule has 3 atom stereocenters. The predicted octanol–water partition coefficient (Wildman–Crippen LogP) is 3.37. The molecular weight excluding hydrogens is 252 g/mol. The minimum Gasteiger partial charge on any atom is -0.406 e. The lowest BCUT2D eigenvalue weighted by Crippen LogP contribution is -2.24. The van der Waals surface area contributed by atoms with Crippen LogP contribution in [0.2, 0.25) is 0 Å². The summed E-state index contributed by atoms with van der Waals surface area (Å²) < 4.78 is 5.67. The molecule has 0 amide bonds. The van der Waals surface area contributed by atoms with E-state index < -0.39 is 0 Å². The Bertz CT molecular complexity index is 393. The Morgan fingerprint density at radius 1 is 1.30 bits per heavy atom. The van der Waals surface area contributed by atoms with Crippen LogP contribution < -0.4 is 10.6 Å². The Kier molecular flexibility index (Phi) is 5.83. The molecular formula is C15H28N4O. The number of rotatable bonds is 7. The van der Waals surface area contributed by atoms with Gasteiger partial charge in [0.05, 0.1) is 6.04 Å². The van der Waals surface area contributed by atoms with Gasteiger partial charge in [-0.2, -0.15) is 0 Å². The average molecular weight is 280 g/mol. The van der Waals surface area contributed by atoms with E-state index in [9.17, 15) is 0 Å². The molecule has 20 heavy (non-hydrogen) atoms. The highest BCUT2D eigenvalue weighted by molar-refractivity contribution is 5.17. The summed E-state index contributed by atoms with van der Waals surface area (Å²) >= 11 is 0. The van der Waals surface area contributed by atoms with Crippen molar-refractivity contribution in [1.29, 1.82) is 0 Å². The van der Waals surface area contributed by atoms with Crippen LogP contribution in [-0.2, 0) is 0 Å². The van der Waals surface area contributed by atoms with E-state index in [1.165, 1.54) is 25.7 Å². The molecule has 5 heteroatoms. The summed E-state index contributed by atoms with van der Waals surface area (Å²) in [5.74, 6) is 2.19. The number of aromatic nitrogens is 2. The summed E-state index contributed by atoms with van der Waals surface area (Å²) in [6, 6.07) is 0.675. The standard InChI is InChI=1S/C15H28N4O/c1-4-9-16-12(3)14-18-19-15(20-14)17-10-13-8-6-5-7-11(13)2/h11-13,16H,4-10H2,1-3H3,(H,17,19). The molecule has 5 nitrogen and oxygen atoms in total. The quantitative estimate of drug-likeness (QED) is 0.801. The maximum Gasteiger partial charge on any atom is 0.315 e. The van der Waals surface area contributed by atoms with Crippen LogP contribution in [0.15, 0.2) is 4.42 Å². The minimum absolute atomic E-state index is 0.117. The van der Waals surface area contributed by atoms with E-state index in [1.54, 1.807) is 0 Å². The Morgan fingerprint density at radius 2 is 2.10 bits per heavy atom. The molecule has 0 radical (unpaired) electrons. The van der Waals surface area contributed by atoms with E-state index in [-0.39, 0.29) is 6.04 Å². The van der Waals surface area contributed by atoms with E-state index in [2.05, 4.69) is 41.6 Å². The van der Waals surface area contributed by atoms with Crippen LogP contribution >= 0.6 is 0 Å². The van der Waals surface area contributed by atoms with Gasteiger partial charge in [0, 0.05) is 6.54 Å². The van der Waals surface area contributed by atoms with Crippen molar-refractivity contribution in [1.82, 2.24) is 15.5 Å². The SMILES string of the molecule is CCCNC(C)c1nnc(NCC2CCCCC2C)o1. The van der Waals surface area contributed by atoms with E-state index in [0.29, 0.717) is 11.9 Å². The Morgan fingerprint density at radius 3 is 2.85 bits per heavy atom. The zero-order chi connectivity index (χ0) is 14.4. The predicted molar refractivity (Wildman–Crippen MR) is 80.6 cm³/mol. The van der Waals surface area contributed by atoms with Crippen molar-refractivity contribution in [3.63, 3.8) is 0 Å². The van der Waals surface area contributed by atoms with Crippen LogP contribution in [0.4, 0.5) is 6.01 Å². The van der Waals surface area contributed by atoms with E-state index in [4.69, 9.17) is 4.42 Å². The summed E-state index contributed by atoms with van der Waals surface area (Å²) in [5, 5.41) is 14.9. The summed E-state index contributed by atoms with van der Waals surface area (Å²) in [6.45, 7) is 8.45. The van der Waals surface area contributed by atoms with Crippen molar-refractivity contribution in [2.75, 3.05) is 18.4 Å². The fraction of sp³-hybridized carbons (Fsp3) is 0.867. The van der Waals surface area contributed by atoms with Gasteiger partial charge >= 0.3 is 6.01 Å². The van der Waals surface area contributed by atoms with Crippen molar-refractivity contribution in [2.45, 2.75) is 58.9 Å². The van der Waals surface area contributed by atoms with Gasteiger partial charge < -0.3 is 15.1 Å². The number of nitrogens with one attached hydrogen (secondary N) is 2. The van der Waals surface area contributed by atoms with Crippen molar-refractivity contribution >= 4 is 6.01 Å². The summed E-state index contributed by atoms with van der Waals surface area (Å²) in [7, 11) is 0. The molecule has 1 heterocycles. The Balaban J connectivity index is 1.80. The normalized spacial score (nSPS) is 24.6. The van der Waals surface area contributed by atoms with Crippen molar-refractivity contribution in [3.8, 4) is 0 Å². The molecule has 3 unspecified atom stereocenters. The molecule has 0 bridgehead atoms. The molecule has 0 aromatic carbocycles. The number of hydrogen-bond donors (Lipinski definition) is 2. The van der Waals surface area contributed by atoms with Gasteiger partial charge in [0.2, 0.25) is 5.89 Å². The molecule has 2 N–H and O–H groups in total. The minimum atomic E-state index is 0.117. The van der Waals surface area contributed by atoms with Crippen molar-refractivity contribution in [2.24, 2.45) is 11.8 Å². The van der Waals surface area contributed by atoms with E-state index in [1.807, 2.05) is 0 Å². The van der Waals surface area contributed by atoms with Crippen molar-refractivity contribution in [3.05, 3.63) is 5.89 Å². The first kappa shape index (κ1) is 15.3. The smallest absolute Gasteiger partial charge is 0.315 e. The molecule has 1 aliphatic carbocycles. The highest BCUT2D eigenvalue weighted by Crippen LogP contribution is 2.29. The Hall–Kier alpha value is -1.10. The fourth-order valence-electron chi connectivity index (χ4n) is 2.84. The van der Waals surface area contributed by atoms with Gasteiger partial charge in [-0.15, -0.1) is 5.10 Å². The van der Waals surface area contributed by atoms with Crippen molar-refractivity contribution < 1.29 is 4.42 Å². The molecule has 1 fully saturated rings. The zero-order valence-corrected chi connectivity index (χ0v) is 13.0. The first-order chi connectivity index (χ1) is 9.70. The lowest BCUT2D eigenvalue weighted by atomic mass is 9.80. The summed E-state index contributed by atoms with van der Waals surface area (Å²) in [6.07, 6.45) is 6.49. The van der Waals surface area contributed by atoms with Gasteiger partial charge in [-0.1, -0.05) is 38.2 Å². The number of nitrogens with zero attached hydrogens (tertiary/aromatic N) is 2. The van der Waals surface area contributed by atoms with Crippen LogP contribution in [0.1, 0.15) is 64.8 Å². The molecule has 1 saturated carbocycles. The second-order valence-electron chi connectivity index (χ2n) is 6.02. The van der Waals surface area contributed by atoms with E-state index >= 15 is 0 Å². The molecule has 1 aromatic rings. The highest BCUT2D eigenvalue weighted by atomic mass is 16.4. The lowest BCUT2D eigenvalue weighted by Gasteiger charge is -2.28. The highest BCUT2D eigenvalue weighted by Gasteiger charge is 2.21. The van der Waals surface area contributed by atoms with Gasteiger partial charge in [0.25, 0.3) is 0 Å². The molecule has 114 valence electrons. The molecule has 1 aromatic heterocycles. The average Bonchev–Trinajstić information content (AvgIpc) is 2.93. The first-order valence-corrected chi connectivity index (χ1v) is 8.01. The van der Waals surface area contributed by atoms with Crippen LogP contribution in [0.25, 0.3) is 0 Å². The topological polar surface area (TPSA) is 63.0 Å². The van der Waals surface area contributed by atoms with Gasteiger partial charge in [-0.3, -0.25) is 0 Å². The number of hydrogen-bond acceptors (Lipinski definition) is 5. The Labute approximate surface area is 121 Å². The van der Waals surface area contributed by atoms with Crippen LogP contribution in [0, 0.1) is 11.8 Å². The second kappa shape index (κ2) is 7.62. The van der Waals surface area contributed by atoms with Gasteiger partial charge in [0.15, 0.2) is 0 Å². The third-order valence-electron chi connectivity index (χ3n) is 4.32.